The topological polar surface area (TPSA) is 61.4 Å². The average molecular weight is 408 g/mol. The van der Waals surface area contributed by atoms with Gasteiger partial charge in [-0.2, -0.15) is 0 Å². The molecule has 5 heteroatoms. The molecule has 2 aliphatic heterocycles. The van der Waals surface area contributed by atoms with Gasteiger partial charge in [-0.3, -0.25) is 9.59 Å². The third kappa shape index (κ3) is 5.20. The average Bonchev–Trinajstić information content (AvgIpc) is 3.14. The summed E-state index contributed by atoms with van der Waals surface area (Å²) in [6.45, 7) is 3.94. The van der Waals surface area contributed by atoms with Crippen LogP contribution in [0.3, 0.4) is 0 Å². The van der Waals surface area contributed by atoms with Gasteiger partial charge in [0.05, 0.1) is 0 Å². The van der Waals surface area contributed by atoms with Crippen molar-refractivity contribution in [1.82, 2.24) is 15.5 Å². The number of hydrogen-bond donors (Lipinski definition) is 2. The van der Waals surface area contributed by atoms with Crippen LogP contribution >= 0.6 is 0 Å². The Balaban J connectivity index is 1.35. The second kappa shape index (κ2) is 9.61. The molecule has 0 radical (unpaired) electrons. The number of piperidine rings is 1. The number of hydrogen-bond acceptors (Lipinski definition) is 3. The number of fused-ring (bicyclic) bond motifs is 1. The van der Waals surface area contributed by atoms with Crippen molar-refractivity contribution in [1.29, 1.82) is 0 Å². The van der Waals surface area contributed by atoms with Crippen LogP contribution in [0, 0.1) is 0 Å². The summed E-state index contributed by atoms with van der Waals surface area (Å²) in [6, 6.07) is 14.7. The number of benzene rings is 2. The molecule has 2 aromatic rings. The predicted octanol–water partition coefficient (Wildman–Crippen LogP) is 3.41. The molecule has 0 unspecified atom stereocenters. The summed E-state index contributed by atoms with van der Waals surface area (Å²) in [5.74, 6) is 0.186. The molecule has 160 valence electrons. The van der Waals surface area contributed by atoms with E-state index in [9.17, 15) is 9.59 Å². The molecule has 30 heavy (non-hydrogen) atoms. The van der Waals surface area contributed by atoms with Gasteiger partial charge in [0, 0.05) is 31.5 Å². The number of carbonyl (C=O) groups is 2. The van der Waals surface area contributed by atoms with E-state index in [1.54, 1.807) is 0 Å². The minimum atomic E-state index is -0.328. The molecule has 2 saturated heterocycles. The maximum Gasteiger partial charge on any atom is 0.220 e. The van der Waals surface area contributed by atoms with Crippen molar-refractivity contribution < 1.29 is 9.59 Å². The van der Waals surface area contributed by atoms with Crippen molar-refractivity contribution in [3.05, 3.63) is 48.0 Å². The molecule has 2 heterocycles. The maximum atomic E-state index is 12.5. The Morgan fingerprint density at radius 2 is 1.87 bits per heavy atom. The monoisotopic (exact) mass is 407 g/mol. The highest BCUT2D eigenvalue weighted by atomic mass is 16.2. The van der Waals surface area contributed by atoms with Crippen molar-refractivity contribution in [3.8, 4) is 0 Å². The van der Waals surface area contributed by atoms with Gasteiger partial charge >= 0.3 is 0 Å². The number of rotatable bonds is 8. The van der Waals surface area contributed by atoms with Gasteiger partial charge in [-0.25, -0.2) is 0 Å². The van der Waals surface area contributed by atoms with Crippen molar-refractivity contribution in [3.63, 3.8) is 0 Å². The smallest absolute Gasteiger partial charge is 0.220 e. The fraction of sp³-hybridized carbons (Fsp3) is 0.520. The Kier molecular flexibility index (Phi) is 6.68. The summed E-state index contributed by atoms with van der Waals surface area (Å²) >= 11 is 0. The Morgan fingerprint density at radius 3 is 2.67 bits per heavy atom. The third-order valence-corrected chi connectivity index (χ3v) is 6.67. The highest BCUT2D eigenvalue weighted by Crippen LogP contribution is 2.32. The van der Waals surface area contributed by atoms with Crippen molar-refractivity contribution >= 4 is 22.6 Å². The molecule has 2 aliphatic rings. The first-order chi connectivity index (χ1) is 14.6. The lowest BCUT2D eigenvalue weighted by molar-refractivity contribution is -0.122. The number of nitrogens with one attached hydrogen (secondary N) is 2. The van der Waals surface area contributed by atoms with Crippen LogP contribution in [0.15, 0.2) is 42.5 Å². The molecular weight excluding hydrogens is 374 g/mol. The van der Waals surface area contributed by atoms with Gasteiger partial charge in [0.1, 0.15) is 0 Å². The highest BCUT2D eigenvalue weighted by Gasteiger charge is 2.38. The molecule has 1 atom stereocenters. The van der Waals surface area contributed by atoms with Crippen LogP contribution in [0.5, 0.6) is 0 Å². The summed E-state index contributed by atoms with van der Waals surface area (Å²) in [6.07, 6.45) is 7.09. The lowest BCUT2D eigenvalue weighted by atomic mass is 9.83. The molecule has 0 spiro atoms. The molecule has 5 nitrogen and oxygen atoms in total. The number of nitrogens with zero attached hydrogens (tertiary/aromatic N) is 1. The molecular formula is C25H33N3O2. The van der Waals surface area contributed by atoms with Gasteiger partial charge in [0.25, 0.3) is 0 Å². The normalized spacial score (nSPS) is 22.2. The molecule has 0 aliphatic carbocycles. The summed E-state index contributed by atoms with van der Waals surface area (Å²) in [7, 11) is 0. The van der Waals surface area contributed by atoms with E-state index in [1.807, 2.05) is 6.07 Å². The first kappa shape index (κ1) is 20.9. The zero-order valence-electron chi connectivity index (χ0n) is 17.8. The minimum absolute atomic E-state index is 0.0884. The Labute approximate surface area is 179 Å². The van der Waals surface area contributed by atoms with E-state index in [1.165, 1.54) is 35.6 Å². The fourth-order valence-electron chi connectivity index (χ4n) is 4.97. The van der Waals surface area contributed by atoms with Crippen LogP contribution in [-0.2, 0) is 16.0 Å². The van der Waals surface area contributed by atoms with Gasteiger partial charge < -0.3 is 15.5 Å². The highest BCUT2D eigenvalue weighted by molar-refractivity contribution is 5.86. The Morgan fingerprint density at radius 1 is 1.07 bits per heavy atom. The zero-order valence-corrected chi connectivity index (χ0v) is 17.8. The SMILES string of the molecule is O=C(CC[C@@]1(Cc2cccc3ccccc23)CCC(=O)N1)NCCN1CCCCC1. The number of likely N-dealkylation sites (tertiary alicyclic amines) is 1. The minimum Gasteiger partial charge on any atom is -0.355 e. The number of amides is 2. The molecule has 2 N–H and O–H groups in total. The molecule has 2 aromatic carbocycles. The van der Waals surface area contributed by atoms with Gasteiger partial charge in [0.2, 0.25) is 11.8 Å². The lowest BCUT2D eigenvalue weighted by Gasteiger charge is -2.30. The van der Waals surface area contributed by atoms with E-state index in [0.29, 0.717) is 25.8 Å². The van der Waals surface area contributed by atoms with Gasteiger partial charge in [-0.15, -0.1) is 0 Å². The molecule has 4 rings (SSSR count). The first-order valence-electron chi connectivity index (χ1n) is 11.4. The zero-order chi connectivity index (χ0) is 20.8. The van der Waals surface area contributed by atoms with Gasteiger partial charge in [-0.05, 0) is 61.5 Å². The van der Waals surface area contributed by atoms with Crippen LogP contribution in [0.4, 0.5) is 0 Å². The van der Waals surface area contributed by atoms with E-state index in [-0.39, 0.29) is 17.4 Å². The van der Waals surface area contributed by atoms with Crippen molar-refractivity contribution in [2.45, 2.75) is 56.9 Å². The van der Waals surface area contributed by atoms with E-state index in [2.05, 4.69) is 51.9 Å². The van der Waals surface area contributed by atoms with E-state index in [0.717, 1.165) is 32.5 Å². The second-order valence-corrected chi connectivity index (χ2v) is 8.90. The summed E-state index contributed by atoms with van der Waals surface area (Å²) < 4.78 is 0. The molecule has 0 bridgehead atoms. The van der Waals surface area contributed by atoms with E-state index < -0.39 is 0 Å². The van der Waals surface area contributed by atoms with Crippen LogP contribution in [-0.4, -0.2) is 48.4 Å². The predicted molar refractivity (Wildman–Crippen MR) is 120 cm³/mol. The standard InChI is InChI=1S/C25H33N3O2/c29-23(26-15-18-28-16-4-1-5-17-28)11-13-25(14-12-24(30)27-25)19-21-9-6-8-20-7-2-3-10-22(20)21/h2-3,6-10H,1,4-5,11-19H2,(H,26,29)(H,27,30)/t25-/m0/s1. The summed E-state index contributed by atoms with van der Waals surface area (Å²) in [5.41, 5.74) is 0.909. The van der Waals surface area contributed by atoms with Crippen molar-refractivity contribution in [2.24, 2.45) is 0 Å². The summed E-state index contributed by atoms with van der Waals surface area (Å²) in [5, 5.41) is 8.74. The Hall–Kier alpha value is -2.40. The number of carbonyl (C=O) groups excluding carboxylic acids is 2. The van der Waals surface area contributed by atoms with Crippen LogP contribution in [0.25, 0.3) is 10.8 Å². The van der Waals surface area contributed by atoms with E-state index >= 15 is 0 Å². The Bertz CT molecular complexity index is 886. The van der Waals surface area contributed by atoms with Gasteiger partial charge in [0.15, 0.2) is 0 Å². The largest absolute Gasteiger partial charge is 0.355 e. The quantitative estimate of drug-likeness (QED) is 0.705. The lowest BCUT2D eigenvalue weighted by Crippen LogP contribution is -2.45. The van der Waals surface area contributed by atoms with Crippen LogP contribution in [0.2, 0.25) is 0 Å². The van der Waals surface area contributed by atoms with Crippen LogP contribution < -0.4 is 10.6 Å². The summed E-state index contributed by atoms with van der Waals surface area (Å²) in [4.78, 5) is 27.0. The van der Waals surface area contributed by atoms with E-state index in [4.69, 9.17) is 0 Å². The second-order valence-electron chi connectivity index (χ2n) is 8.90. The van der Waals surface area contributed by atoms with Crippen LogP contribution in [0.1, 0.15) is 50.5 Å². The first-order valence-corrected chi connectivity index (χ1v) is 11.4. The fourth-order valence-corrected chi connectivity index (χ4v) is 4.97. The molecule has 0 aromatic heterocycles. The molecule has 0 saturated carbocycles. The third-order valence-electron chi connectivity index (χ3n) is 6.67. The maximum absolute atomic E-state index is 12.5. The molecule has 2 fully saturated rings. The van der Waals surface area contributed by atoms with Crippen molar-refractivity contribution in [2.75, 3.05) is 26.2 Å². The molecule has 2 amide bonds. The van der Waals surface area contributed by atoms with Gasteiger partial charge in [-0.1, -0.05) is 48.9 Å².